The lowest BCUT2D eigenvalue weighted by Gasteiger charge is -2.04. The van der Waals surface area contributed by atoms with E-state index in [4.69, 9.17) is 21.1 Å². The van der Waals surface area contributed by atoms with Crippen molar-refractivity contribution in [3.8, 4) is 17.6 Å². The van der Waals surface area contributed by atoms with Crippen LogP contribution in [0.5, 0.6) is 5.75 Å². The highest BCUT2D eigenvalue weighted by atomic mass is 35.5. The zero-order valence-electron chi connectivity index (χ0n) is 8.22. The molecule has 0 spiro atoms. The SMILES string of the molecule is COCOc1cc(F)cc(C#CCCl)c1. The second kappa shape index (κ2) is 6.28. The number of methoxy groups -OCH3 is 1. The number of benzene rings is 1. The molecule has 0 aliphatic carbocycles. The minimum Gasteiger partial charge on any atom is -0.467 e. The Morgan fingerprint density at radius 1 is 1.40 bits per heavy atom. The lowest BCUT2D eigenvalue weighted by molar-refractivity contribution is 0.0509. The van der Waals surface area contributed by atoms with Crippen LogP contribution in [0.3, 0.4) is 0 Å². The molecule has 0 amide bonds. The predicted molar refractivity (Wildman–Crippen MR) is 56.5 cm³/mol. The molecule has 0 aliphatic heterocycles. The summed E-state index contributed by atoms with van der Waals surface area (Å²) in [6.07, 6.45) is 0. The molecule has 1 aromatic carbocycles. The summed E-state index contributed by atoms with van der Waals surface area (Å²) in [6.45, 7) is 0.0752. The van der Waals surface area contributed by atoms with Crippen molar-refractivity contribution in [2.24, 2.45) is 0 Å². The summed E-state index contributed by atoms with van der Waals surface area (Å²) in [5.41, 5.74) is 0.529. The van der Waals surface area contributed by atoms with Crippen LogP contribution in [-0.4, -0.2) is 19.8 Å². The quantitative estimate of drug-likeness (QED) is 0.449. The Morgan fingerprint density at radius 2 is 2.20 bits per heavy atom. The van der Waals surface area contributed by atoms with E-state index in [0.717, 1.165) is 0 Å². The number of rotatable bonds is 3. The molecule has 1 aromatic rings. The molecule has 0 radical (unpaired) electrons. The average Bonchev–Trinajstić information content (AvgIpc) is 2.23. The zero-order chi connectivity index (χ0) is 11.1. The number of hydrogen-bond acceptors (Lipinski definition) is 2. The lowest BCUT2D eigenvalue weighted by atomic mass is 10.2. The molecule has 0 N–H and O–H groups in total. The van der Waals surface area contributed by atoms with Crippen molar-refractivity contribution in [2.45, 2.75) is 0 Å². The molecule has 80 valence electrons. The van der Waals surface area contributed by atoms with Crippen LogP contribution in [0.15, 0.2) is 18.2 Å². The first kappa shape index (κ1) is 11.8. The van der Waals surface area contributed by atoms with Gasteiger partial charge < -0.3 is 9.47 Å². The number of ether oxygens (including phenoxy) is 2. The zero-order valence-corrected chi connectivity index (χ0v) is 8.97. The van der Waals surface area contributed by atoms with Crippen molar-refractivity contribution in [3.63, 3.8) is 0 Å². The van der Waals surface area contributed by atoms with Gasteiger partial charge in [0.25, 0.3) is 0 Å². The number of alkyl halides is 1. The normalized spacial score (nSPS) is 9.27. The summed E-state index contributed by atoms with van der Waals surface area (Å²) in [5.74, 6) is 5.54. The van der Waals surface area contributed by atoms with Crippen LogP contribution in [0.2, 0.25) is 0 Å². The predicted octanol–water partition coefficient (Wildman–Crippen LogP) is 2.40. The third-order valence-electron chi connectivity index (χ3n) is 1.51. The third kappa shape index (κ3) is 4.20. The molecule has 0 atom stereocenters. The monoisotopic (exact) mass is 228 g/mol. The van der Waals surface area contributed by atoms with E-state index in [-0.39, 0.29) is 12.7 Å². The summed E-state index contributed by atoms with van der Waals surface area (Å²) in [5, 5.41) is 0. The van der Waals surface area contributed by atoms with Crippen LogP contribution in [0.25, 0.3) is 0 Å². The third-order valence-corrected chi connectivity index (χ3v) is 1.65. The van der Waals surface area contributed by atoms with Crippen molar-refractivity contribution in [2.75, 3.05) is 19.8 Å². The number of halogens is 2. The Bertz CT molecular complexity index is 382. The van der Waals surface area contributed by atoms with Gasteiger partial charge in [-0.2, -0.15) is 0 Å². The molecule has 15 heavy (non-hydrogen) atoms. The van der Waals surface area contributed by atoms with Gasteiger partial charge in [-0.05, 0) is 12.1 Å². The summed E-state index contributed by atoms with van der Waals surface area (Å²) in [6, 6.07) is 4.21. The van der Waals surface area contributed by atoms with Gasteiger partial charge >= 0.3 is 0 Å². The maximum absolute atomic E-state index is 13.1. The van der Waals surface area contributed by atoms with E-state index in [1.165, 1.54) is 19.2 Å². The molecule has 0 fully saturated rings. The van der Waals surface area contributed by atoms with Crippen molar-refractivity contribution in [1.29, 1.82) is 0 Å². The molecule has 0 saturated carbocycles. The topological polar surface area (TPSA) is 18.5 Å². The lowest BCUT2D eigenvalue weighted by Crippen LogP contribution is -1.99. The van der Waals surface area contributed by atoms with Crippen LogP contribution in [0, 0.1) is 17.7 Å². The number of hydrogen-bond donors (Lipinski definition) is 0. The molecule has 1 rings (SSSR count). The smallest absolute Gasteiger partial charge is 0.188 e. The van der Waals surface area contributed by atoms with Gasteiger partial charge in [0.2, 0.25) is 0 Å². The van der Waals surface area contributed by atoms with E-state index in [2.05, 4.69) is 11.8 Å². The first-order valence-corrected chi connectivity index (χ1v) is 4.77. The summed E-state index contributed by atoms with van der Waals surface area (Å²) < 4.78 is 22.9. The standard InChI is InChI=1S/C11H10ClFO2/c1-14-8-15-11-6-9(3-2-4-12)5-10(13)7-11/h5-7H,4,8H2,1H3. The molecule has 0 aliphatic rings. The highest BCUT2D eigenvalue weighted by Gasteiger charge is 1.99. The minimum atomic E-state index is -0.400. The van der Waals surface area contributed by atoms with E-state index >= 15 is 0 Å². The Labute approximate surface area is 93.0 Å². The molecule has 2 nitrogen and oxygen atoms in total. The van der Waals surface area contributed by atoms with Gasteiger partial charge in [-0.3, -0.25) is 0 Å². The van der Waals surface area contributed by atoms with E-state index in [1.807, 2.05) is 0 Å². The highest BCUT2D eigenvalue weighted by molar-refractivity contribution is 6.19. The first-order chi connectivity index (χ1) is 7.26. The van der Waals surface area contributed by atoms with Crippen molar-refractivity contribution in [1.82, 2.24) is 0 Å². The molecule has 0 heterocycles. The van der Waals surface area contributed by atoms with Crippen LogP contribution in [0.4, 0.5) is 4.39 Å². The van der Waals surface area contributed by atoms with Gasteiger partial charge in [0.05, 0.1) is 5.88 Å². The van der Waals surface area contributed by atoms with Crippen LogP contribution in [-0.2, 0) is 4.74 Å². The molecule has 4 heteroatoms. The molecule has 0 aromatic heterocycles. The van der Waals surface area contributed by atoms with Gasteiger partial charge in [-0.15, -0.1) is 11.6 Å². The van der Waals surface area contributed by atoms with Gasteiger partial charge in [-0.1, -0.05) is 11.8 Å². The molecular formula is C11H10ClFO2. The molecule has 0 saturated heterocycles. The van der Waals surface area contributed by atoms with E-state index in [0.29, 0.717) is 11.3 Å². The summed E-state index contributed by atoms with van der Waals surface area (Å²) in [7, 11) is 1.49. The average molecular weight is 229 g/mol. The Balaban J connectivity index is 2.84. The van der Waals surface area contributed by atoms with E-state index in [9.17, 15) is 4.39 Å². The van der Waals surface area contributed by atoms with Crippen LogP contribution >= 0.6 is 11.6 Å². The van der Waals surface area contributed by atoms with E-state index in [1.54, 1.807) is 6.07 Å². The van der Waals surface area contributed by atoms with Gasteiger partial charge in [0.1, 0.15) is 11.6 Å². The maximum Gasteiger partial charge on any atom is 0.188 e. The summed E-state index contributed by atoms with van der Waals surface area (Å²) in [4.78, 5) is 0. The Hall–Kier alpha value is -1.24. The largest absolute Gasteiger partial charge is 0.467 e. The fourth-order valence-corrected chi connectivity index (χ4v) is 1.05. The van der Waals surface area contributed by atoms with E-state index < -0.39 is 5.82 Å². The van der Waals surface area contributed by atoms with Gasteiger partial charge in [0, 0.05) is 18.7 Å². The Morgan fingerprint density at radius 3 is 2.87 bits per heavy atom. The fraction of sp³-hybridized carbons (Fsp3) is 0.273. The molecule has 0 bridgehead atoms. The van der Waals surface area contributed by atoms with Gasteiger partial charge in [-0.25, -0.2) is 4.39 Å². The maximum atomic E-state index is 13.1. The molecular weight excluding hydrogens is 219 g/mol. The Kier molecular flexibility index (Phi) is 4.96. The molecule has 0 unspecified atom stereocenters. The van der Waals surface area contributed by atoms with Gasteiger partial charge in [0.15, 0.2) is 6.79 Å². The van der Waals surface area contributed by atoms with Crippen molar-refractivity contribution >= 4 is 11.6 Å². The highest BCUT2D eigenvalue weighted by Crippen LogP contribution is 2.15. The fourth-order valence-electron chi connectivity index (χ4n) is 0.981. The van der Waals surface area contributed by atoms with Crippen LogP contribution in [0.1, 0.15) is 5.56 Å². The summed E-state index contributed by atoms with van der Waals surface area (Å²) >= 11 is 5.40. The second-order valence-corrected chi connectivity index (χ2v) is 2.93. The van der Waals surface area contributed by atoms with Crippen molar-refractivity contribution < 1.29 is 13.9 Å². The first-order valence-electron chi connectivity index (χ1n) is 4.23. The second-order valence-electron chi connectivity index (χ2n) is 2.66. The van der Waals surface area contributed by atoms with Crippen molar-refractivity contribution in [3.05, 3.63) is 29.6 Å². The van der Waals surface area contributed by atoms with Crippen LogP contribution < -0.4 is 4.74 Å². The minimum absolute atomic E-state index is 0.0752.